The molecule has 0 radical (unpaired) electrons. The smallest absolute Gasteiger partial charge is 0.0449 e. The Hall–Kier alpha value is -0.220. The van der Waals surface area contributed by atoms with Gasteiger partial charge in [0.2, 0.25) is 0 Å². The molecule has 18 heavy (non-hydrogen) atoms. The fraction of sp³-hybridized carbons (Fsp3) is 0.143. The normalized spacial score (nSPS) is 12.3. The molecule has 0 nitrogen and oxygen atoms in total. The molecular formula is C14H13ClS3. The molecule has 0 fully saturated rings. The molecule has 0 spiro atoms. The van der Waals surface area contributed by atoms with Crippen LogP contribution in [0.25, 0.3) is 0 Å². The van der Waals surface area contributed by atoms with Gasteiger partial charge in [-0.1, -0.05) is 76.5 Å². The van der Waals surface area contributed by atoms with E-state index in [1.54, 1.807) is 10.8 Å². The van der Waals surface area contributed by atoms with E-state index in [9.17, 15) is 0 Å². The molecule has 0 saturated heterocycles. The highest BCUT2D eigenvalue weighted by Crippen LogP contribution is 2.41. The predicted molar refractivity (Wildman–Crippen MR) is 88.5 cm³/mol. The fourth-order valence-corrected chi connectivity index (χ4v) is 4.30. The second kappa shape index (κ2) is 7.39. The first-order chi connectivity index (χ1) is 8.79. The second-order valence-electron chi connectivity index (χ2n) is 3.90. The zero-order valence-corrected chi connectivity index (χ0v) is 12.9. The van der Waals surface area contributed by atoms with Crippen molar-refractivity contribution in [1.82, 2.24) is 0 Å². The van der Waals surface area contributed by atoms with Gasteiger partial charge in [0, 0.05) is 10.3 Å². The van der Waals surface area contributed by atoms with Crippen LogP contribution < -0.4 is 0 Å². The van der Waals surface area contributed by atoms with Gasteiger partial charge in [-0.15, -0.1) is 0 Å². The SMILES string of the molecule is SSSC(Cc1ccc(Cl)cc1)c1ccccc1. The van der Waals surface area contributed by atoms with Crippen molar-refractivity contribution in [3.63, 3.8) is 0 Å². The molecule has 0 amide bonds. The molecule has 4 heteroatoms. The van der Waals surface area contributed by atoms with Gasteiger partial charge in [-0.25, -0.2) is 0 Å². The molecule has 0 aliphatic rings. The minimum atomic E-state index is 0.412. The molecule has 0 heterocycles. The van der Waals surface area contributed by atoms with Crippen LogP contribution in [0.3, 0.4) is 0 Å². The lowest BCUT2D eigenvalue weighted by atomic mass is 10.0. The Morgan fingerprint density at radius 3 is 2.28 bits per heavy atom. The molecule has 0 aliphatic heterocycles. The fourth-order valence-electron chi connectivity index (χ4n) is 1.76. The lowest BCUT2D eigenvalue weighted by Crippen LogP contribution is -1.97. The highest BCUT2D eigenvalue weighted by atomic mass is 35.5. The van der Waals surface area contributed by atoms with Crippen LogP contribution in [0.1, 0.15) is 16.4 Å². The first-order valence-electron chi connectivity index (χ1n) is 5.56. The Morgan fingerprint density at radius 2 is 1.67 bits per heavy atom. The van der Waals surface area contributed by atoms with Crippen molar-refractivity contribution < 1.29 is 0 Å². The van der Waals surface area contributed by atoms with Gasteiger partial charge in [0.15, 0.2) is 0 Å². The Bertz CT molecular complexity index is 470. The number of rotatable bonds is 5. The van der Waals surface area contributed by atoms with Crippen molar-refractivity contribution >= 4 is 43.9 Å². The molecule has 0 bridgehead atoms. The van der Waals surface area contributed by atoms with Crippen LogP contribution >= 0.6 is 43.9 Å². The molecule has 0 saturated carbocycles. The number of benzene rings is 2. The average Bonchev–Trinajstić information content (AvgIpc) is 2.42. The van der Waals surface area contributed by atoms with Crippen molar-refractivity contribution in [2.75, 3.05) is 0 Å². The first-order valence-corrected chi connectivity index (χ1v) is 9.20. The van der Waals surface area contributed by atoms with E-state index in [2.05, 4.69) is 48.1 Å². The van der Waals surface area contributed by atoms with E-state index >= 15 is 0 Å². The number of halogens is 1. The summed E-state index contributed by atoms with van der Waals surface area (Å²) in [5.41, 5.74) is 2.63. The van der Waals surface area contributed by atoms with Gasteiger partial charge in [-0.05, 0) is 39.5 Å². The largest absolute Gasteiger partial charge is 0.0997 e. The maximum absolute atomic E-state index is 5.90. The van der Waals surface area contributed by atoms with Crippen LogP contribution in [-0.2, 0) is 6.42 Å². The second-order valence-corrected chi connectivity index (χ2v) is 7.61. The summed E-state index contributed by atoms with van der Waals surface area (Å²) in [6.07, 6.45) is 0.986. The Balaban J connectivity index is 2.14. The summed E-state index contributed by atoms with van der Waals surface area (Å²) in [4.78, 5) is 0. The third kappa shape index (κ3) is 4.16. The van der Waals surface area contributed by atoms with Crippen LogP contribution in [-0.4, -0.2) is 0 Å². The summed E-state index contributed by atoms with van der Waals surface area (Å²) in [6.45, 7) is 0. The molecule has 0 N–H and O–H groups in total. The minimum Gasteiger partial charge on any atom is -0.0997 e. The van der Waals surface area contributed by atoms with Crippen LogP contribution in [0.15, 0.2) is 54.6 Å². The van der Waals surface area contributed by atoms with Gasteiger partial charge in [0.25, 0.3) is 0 Å². The summed E-state index contributed by atoms with van der Waals surface area (Å²) >= 11 is 10.2. The van der Waals surface area contributed by atoms with Gasteiger partial charge in [-0.2, -0.15) is 0 Å². The van der Waals surface area contributed by atoms with Crippen molar-refractivity contribution in [3.8, 4) is 0 Å². The van der Waals surface area contributed by atoms with Crippen LogP contribution in [0.2, 0.25) is 5.02 Å². The Kier molecular flexibility index (Phi) is 5.83. The van der Waals surface area contributed by atoms with Crippen molar-refractivity contribution in [1.29, 1.82) is 0 Å². The molecule has 94 valence electrons. The van der Waals surface area contributed by atoms with Crippen LogP contribution in [0.4, 0.5) is 0 Å². The quantitative estimate of drug-likeness (QED) is 0.543. The maximum atomic E-state index is 5.90. The lowest BCUT2D eigenvalue weighted by Gasteiger charge is -2.15. The number of hydrogen-bond acceptors (Lipinski definition) is 3. The van der Waals surface area contributed by atoms with E-state index in [1.807, 2.05) is 18.2 Å². The molecule has 2 rings (SSSR count). The summed E-state index contributed by atoms with van der Waals surface area (Å²) in [5.74, 6) is 0. The standard InChI is InChI=1S/C14H13ClS3/c15-13-8-6-11(7-9-13)10-14(17-18-16)12-4-2-1-3-5-12/h1-9,14,16H,10H2. The topological polar surface area (TPSA) is 0 Å². The van der Waals surface area contributed by atoms with Crippen molar-refractivity contribution in [2.45, 2.75) is 11.7 Å². The highest BCUT2D eigenvalue weighted by molar-refractivity contribution is 9.05. The van der Waals surface area contributed by atoms with Gasteiger partial charge in [-0.3, -0.25) is 0 Å². The van der Waals surface area contributed by atoms with Crippen LogP contribution in [0.5, 0.6) is 0 Å². The lowest BCUT2D eigenvalue weighted by molar-refractivity contribution is 0.938. The van der Waals surface area contributed by atoms with E-state index in [1.165, 1.54) is 21.0 Å². The van der Waals surface area contributed by atoms with E-state index in [0.717, 1.165) is 11.4 Å². The first kappa shape index (κ1) is 14.2. The van der Waals surface area contributed by atoms with E-state index < -0.39 is 0 Å². The average molecular weight is 313 g/mol. The van der Waals surface area contributed by atoms with E-state index in [0.29, 0.717) is 5.25 Å². The van der Waals surface area contributed by atoms with Gasteiger partial charge < -0.3 is 0 Å². The van der Waals surface area contributed by atoms with Crippen molar-refractivity contribution in [3.05, 3.63) is 70.7 Å². The zero-order valence-electron chi connectivity index (χ0n) is 9.62. The van der Waals surface area contributed by atoms with Gasteiger partial charge in [0.1, 0.15) is 0 Å². The maximum Gasteiger partial charge on any atom is 0.0449 e. The van der Waals surface area contributed by atoms with E-state index in [4.69, 9.17) is 11.6 Å². The monoisotopic (exact) mass is 312 g/mol. The summed E-state index contributed by atoms with van der Waals surface area (Å²) < 4.78 is 0. The Labute approximate surface area is 126 Å². The number of hydrogen-bond donors (Lipinski definition) is 1. The highest BCUT2D eigenvalue weighted by Gasteiger charge is 2.12. The summed E-state index contributed by atoms with van der Waals surface area (Å²) in [5, 5.41) is 1.20. The number of thiol groups is 1. The molecular weight excluding hydrogens is 300 g/mol. The molecule has 1 atom stereocenters. The molecule has 0 aromatic heterocycles. The minimum absolute atomic E-state index is 0.412. The van der Waals surface area contributed by atoms with E-state index in [-0.39, 0.29) is 0 Å². The third-order valence-corrected chi connectivity index (χ3v) is 5.40. The van der Waals surface area contributed by atoms with Gasteiger partial charge >= 0.3 is 0 Å². The molecule has 0 aliphatic carbocycles. The molecule has 2 aromatic rings. The van der Waals surface area contributed by atoms with Crippen LogP contribution in [0, 0.1) is 0 Å². The Morgan fingerprint density at radius 1 is 1.00 bits per heavy atom. The third-order valence-electron chi connectivity index (χ3n) is 2.66. The predicted octanol–water partition coefficient (Wildman–Crippen LogP) is 5.85. The van der Waals surface area contributed by atoms with Gasteiger partial charge in [0.05, 0.1) is 0 Å². The zero-order chi connectivity index (χ0) is 12.8. The molecule has 1 unspecified atom stereocenters. The van der Waals surface area contributed by atoms with Crippen molar-refractivity contribution in [2.24, 2.45) is 0 Å². The molecule has 2 aromatic carbocycles. The summed E-state index contributed by atoms with van der Waals surface area (Å²) in [7, 11) is 3.29. The summed E-state index contributed by atoms with van der Waals surface area (Å²) in [6, 6.07) is 18.6.